The van der Waals surface area contributed by atoms with Crippen LogP contribution in [-0.4, -0.2) is 104 Å². The van der Waals surface area contributed by atoms with Crippen molar-refractivity contribution in [3.05, 3.63) is 34.6 Å². The molecule has 1 aliphatic heterocycles. The maximum atomic E-state index is 14.0. The second-order valence-electron chi connectivity index (χ2n) is 12.6. The van der Waals surface area contributed by atoms with Crippen LogP contribution < -0.4 is 20.9 Å². The van der Waals surface area contributed by atoms with Gasteiger partial charge in [-0.15, -0.1) is 5.10 Å². The largest absolute Gasteiger partial charge is 0.469 e. The molecule has 0 bridgehead atoms. The van der Waals surface area contributed by atoms with Crippen molar-refractivity contribution in [1.29, 1.82) is 10.5 Å². The summed E-state index contributed by atoms with van der Waals surface area (Å²) in [4.78, 5) is 69.7. The lowest BCUT2D eigenvalue weighted by molar-refractivity contribution is -0.154. The number of nitriles is 2. The van der Waals surface area contributed by atoms with Gasteiger partial charge in [-0.25, -0.2) is 19.2 Å². The van der Waals surface area contributed by atoms with E-state index in [-0.39, 0.29) is 58.8 Å². The summed E-state index contributed by atoms with van der Waals surface area (Å²) in [7, 11) is -4.69. The number of nitrogens with two attached hydrogens (primary N) is 1. The second kappa shape index (κ2) is 17.2. The number of benzene rings is 1. The highest BCUT2D eigenvalue weighted by Crippen LogP contribution is 2.41. The lowest BCUT2D eigenvalue weighted by Gasteiger charge is -2.38. The zero-order valence-electron chi connectivity index (χ0n) is 29.4. The Morgan fingerprint density at radius 3 is 2.47 bits per heavy atom. The molecule has 0 spiro atoms. The van der Waals surface area contributed by atoms with Crippen LogP contribution in [0.3, 0.4) is 0 Å². The number of aromatic nitrogens is 4. The van der Waals surface area contributed by atoms with Gasteiger partial charge in [-0.2, -0.15) is 20.0 Å². The quantitative estimate of drug-likeness (QED) is 0.0981. The SMILES string of the molecule is CCNc1nc(N(C(=O)OCOC(=O)CC(C)(C)CCOP(=O)(O)O)c2cc(C#N)cc(N3CCN([C@@H](C)C(N)=O)CC3)c2Cl)nn2c(C#N)cnc12. The van der Waals surface area contributed by atoms with E-state index >= 15 is 0 Å². The number of hydrogen-bond acceptors (Lipinski definition) is 15. The van der Waals surface area contributed by atoms with E-state index in [2.05, 4.69) is 31.0 Å². The fourth-order valence-corrected chi connectivity index (χ4v) is 6.02. The number of imidazole rings is 1. The van der Waals surface area contributed by atoms with E-state index in [9.17, 15) is 29.5 Å². The van der Waals surface area contributed by atoms with Crippen molar-refractivity contribution in [1.82, 2.24) is 24.5 Å². The highest BCUT2D eigenvalue weighted by molar-refractivity contribution is 7.46. The molecule has 5 N–H and O–H groups in total. The first kappa shape index (κ1) is 40.7. The summed E-state index contributed by atoms with van der Waals surface area (Å²) in [5.74, 6) is -1.44. The fourth-order valence-electron chi connectivity index (χ4n) is 5.38. The summed E-state index contributed by atoms with van der Waals surface area (Å²) in [6, 6.07) is 6.42. The number of piperazine rings is 1. The van der Waals surface area contributed by atoms with Gasteiger partial charge in [0.25, 0.3) is 5.95 Å². The number of fused-ring (bicyclic) bond motifs is 1. The van der Waals surface area contributed by atoms with E-state index in [4.69, 9.17) is 36.6 Å². The molecule has 2 amide bonds. The van der Waals surface area contributed by atoms with E-state index in [0.717, 1.165) is 4.90 Å². The normalized spacial score (nSPS) is 14.2. The number of phosphoric ester groups is 1. The molecule has 3 aromatic rings. The van der Waals surface area contributed by atoms with Crippen LogP contribution in [0.4, 0.5) is 27.9 Å². The van der Waals surface area contributed by atoms with E-state index in [0.29, 0.717) is 38.4 Å². The number of carbonyl (C=O) groups excluding carboxylic acids is 3. The van der Waals surface area contributed by atoms with E-state index in [1.165, 1.54) is 16.8 Å². The maximum absolute atomic E-state index is 14.0. The van der Waals surface area contributed by atoms with Crippen molar-refractivity contribution in [3.63, 3.8) is 0 Å². The number of rotatable bonds is 15. The van der Waals surface area contributed by atoms with Crippen LogP contribution in [0.15, 0.2) is 18.3 Å². The van der Waals surface area contributed by atoms with Crippen molar-refractivity contribution >= 4 is 66.2 Å². The zero-order chi connectivity index (χ0) is 39.1. The third-order valence-corrected chi connectivity index (χ3v) is 9.18. The van der Waals surface area contributed by atoms with Crippen LogP contribution in [-0.2, 0) is 28.2 Å². The predicted molar refractivity (Wildman–Crippen MR) is 189 cm³/mol. The number of amides is 2. The number of halogens is 1. The fraction of sp³-hybridized carbons (Fsp3) is 0.484. The number of hydrogen-bond donors (Lipinski definition) is 4. The van der Waals surface area contributed by atoms with Crippen LogP contribution >= 0.6 is 19.4 Å². The van der Waals surface area contributed by atoms with Crippen molar-refractivity contribution in [2.45, 2.75) is 46.6 Å². The summed E-state index contributed by atoms with van der Waals surface area (Å²) in [5, 5.41) is 27.2. The molecule has 0 radical (unpaired) electrons. The first-order valence-corrected chi connectivity index (χ1v) is 18.1. The van der Waals surface area contributed by atoms with Crippen molar-refractivity contribution in [3.8, 4) is 12.1 Å². The van der Waals surface area contributed by atoms with E-state index in [1.807, 2.05) is 15.9 Å². The maximum Gasteiger partial charge on any atom is 0.469 e. The summed E-state index contributed by atoms with van der Waals surface area (Å²) in [6.07, 6.45) is -0.0113. The van der Waals surface area contributed by atoms with Crippen molar-refractivity contribution in [2.75, 3.05) is 61.2 Å². The third-order valence-electron chi connectivity index (χ3n) is 8.27. The van der Waals surface area contributed by atoms with Gasteiger partial charge in [-0.3, -0.25) is 19.0 Å². The number of primary amides is 1. The lowest BCUT2D eigenvalue weighted by atomic mass is 9.86. The summed E-state index contributed by atoms with van der Waals surface area (Å²) in [5.41, 5.74) is 5.31. The van der Waals surface area contributed by atoms with E-state index < -0.39 is 44.0 Å². The molecule has 4 rings (SSSR count). The summed E-state index contributed by atoms with van der Waals surface area (Å²) in [6.45, 7) is 7.68. The highest BCUT2D eigenvalue weighted by atomic mass is 35.5. The first-order chi connectivity index (χ1) is 25.0. The molecule has 0 unspecified atom stereocenters. The van der Waals surface area contributed by atoms with Gasteiger partial charge in [-0.05, 0) is 37.8 Å². The molecular weight excluding hydrogens is 737 g/mol. The van der Waals surface area contributed by atoms with Crippen LogP contribution in [0.5, 0.6) is 0 Å². The van der Waals surface area contributed by atoms with Gasteiger partial charge in [-0.1, -0.05) is 25.4 Å². The van der Waals surface area contributed by atoms with Gasteiger partial charge < -0.3 is 35.2 Å². The Labute approximate surface area is 309 Å². The standard InChI is InChI=1S/C31H39ClN11O9P/c1-5-36-27-28-37-17-21(16-34)43(28)39-29(38-27)42(30(46)51-18-50-24(44)14-31(3,4)6-11-52-53(47,48)49)23-13-20(15-33)12-22(25(23)32)41-9-7-40(8-10-41)19(2)26(35)45/h12-13,17,19H,5-11,14,18H2,1-4H3,(H2,35,45)(H,36,38,39)(H2,47,48,49)/t19-/m0/s1. The molecule has 20 nitrogen and oxygen atoms in total. The van der Waals surface area contributed by atoms with Crippen LogP contribution in [0.25, 0.3) is 5.65 Å². The van der Waals surface area contributed by atoms with Gasteiger partial charge >= 0.3 is 19.9 Å². The molecule has 53 heavy (non-hydrogen) atoms. The second-order valence-corrected chi connectivity index (χ2v) is 14.2. The third kappa shape index (κ3) is 10.3. The Hall–Kier alpha value is -5.08. The molecule has 22 heteroatoms. The molecule has 1 aromatic carbocycles. The minimum absolute atomic E-state index is 0.00783. The Bertz CT molecular complexity index is 1980. The average Bonchev–Trinajstić information content (AvgIpc) is 3.51. The minimum atomic E-state index is -4.69. The van der Waals surface area contributed by atoms with Gasteiger partial charge in [0.2, 0.25) is 12.7 Å². The number of ether oxygens (including phenoxy) is 2. The molecule has 1 aliphatic rings. The summed E-state index contributed by atoms with van der Waals surface area (Å²) < 4.78 is 27.2. The summed E-state index contributed by atoms with van der Waals surface area (Å²) >= 11 is 7.02. The van der Waals surface area contributed by atoms with Gasteiger partial charge in [0.15, 0.2) is 17.2 Å². The Morgan fingerprint density at radius 2 is 1.87 bits per heavy atom. The molecule has 284 valence electrons. The van der Waals surface area contributed by atoms with Crippen molar-refractivity contribution < 1.29 is 42.7 Å². The molecule has 0 aliphatic carbocycles. The van der Waals surface area contributed by atoms with Gasteiger partial charge in [0.1, 0.15) is 6.07 Å². The number of nitrogens with zero attached hydrogens (tertiary/aromatic N) is 9. The van der Waals surface area contributed by atoms with Gasteiger partial charge in [0, 0.05) is 32.7 Å². The minimum Gasteiger partial charge on any atom is -0.428 e. The lowest BCUT2D eigenvalue weighted by Crippen LogP contribution is -2.53. The first-order valence-electron chi connectivity index (χ1n) is 16.2. The Kier molecular flexibility index (Phi) is 13.2. The molecular formula is C31H39ClN11O9P. The van der Waals surface area contributed by atoms with Crippen LogP contribution in [0, 0.1) is 28.1 Å². The zero-order valence-corrected chi connectivity index (χ0v) is 31.0. The number of carbonyl (C=O) groups is 3. The topological polar surface area (TPSA) is 275 Å². The molecule has 1 saturated heterocycles. The van der Waals surface area contributed by atoms with E-state index in [1.54, 1.807) is 33.8 Å². The predicted octanol–water partition coefficient (Wildman–Crippen LogP) is 2.64. The van der Waals surface area contributed by atoms with Crippen LogP contribution in [0.2, 0.25) is 5.02 Å². The van der Waals surface area contributed by atoms with Gasteiger partial charge in [0.05, 0.1) is 53.3 Å². The number of phosphoric acid groups is 1. The molecule has 1 atom stereocenters. The number of esters is 1. The van der Waals surface area contributed by atoms with Crippen LogP contribution in [0.1, 0.15) is 51.8 Å². The molecule has 2 aromatic heterocycles. The monoisotopic (exact) mass is 775 g/mol. The Balaban J connectivity index is 1.69. The molecule has 1 fully saturated rings. The average molecular weight is 776 g/mol. The molecule has 3 heterocycles. The highest BCUT2D eigenvalue weighted by Gasteiger charge is 2.32. The smallest absolute Gasteiger partial charge is 0.428 e. The Morgan fingerprint density at radius 1 is 1.17 bits per heavy atom. The number of nitrogens with one attached hydrogen (secondary N) is 1. The van der Waals surface area contributed by atoms with Crippen molar-refractivity contribution in [2.24, 2.45) is 11.1 Å². The number of anilines is 4. The molecule has 0 saturated carbocycles.